The van der Waals surface area contributed by atoms with Crippen LogP contribution in [0.3, 0.4) is 0 Å². The molecule has 112 valence electrons. The molecule has 3 rings (SSSR count). The Kier molecular flexibility index (Phi) is 3.97. The molecular formula is C17H21NO3. The van der Waals surface area contributed by atoms with Crippen molar-refractivity contribution < 1.29 is 14.3 Å². The van der Waals surface area contributed by atoms with Gasteiger partial charge in [-0.3, -0.25) is 4.79 Å². The fourth-order valence-corrected chi connectivity index (χ4v) is 3.27. The maximum atomic E-state index is 12.6. The minimum Gasteiger partial charge on any atom is -0.497 e. The predicted molar refractivity (Wildman–Crippen MR) is 79.8 cm³/mol. The highest BCUT2D eigenvalue weighted by molar-refractivity contribution is 5.97. The standard InChI is InChI=1S/C17H21NO3/c1-20-13-9-7-12(8-10-13)11-18-16(19)14-5-3-4-6-15(14)17(18)21-2/h7-10,17H,3-6,11H2,1-2H3. The zero-order valence-electron chi connectivity index (χ0n) is 12.6. The van der Waals surface area contributed by atoms with Gasteiger partial charge in [0.2, 0.25) is 0 Å². The molecule has 1 aromatic rings. The monoisotopic (exact) mass is 287 g/mol. The Balaban J connectivity index is 1.80. The van der Waals surface area contributed by atoms with Gasteiger partial charge < -0.3 is 14.4 Å². The van der Waals surface area contributed by atoms with Crippen molar-refractivity contribution in [1.82, 2.24) is 4.90 Å². The van der Waals surface area contributed by atoms with Crippen LogP contribution in [0.2, 0.25) is 0 Å². The maximum absolute atomic E-state index is 12.6. The minimum atomic E-state index is -0.185. The molecule has 0 radical (unpaired) electrons. The molecule has 4 nitrogen and oxygen atoms in total. The van der Waals surface area contributed by atoms with Gasteiger partial charge in [0, 0.05) is 19.2 Å². The van der Waals surface area contributed by atoms with Crippen LogP contribution in [-0.2, 0) is 16.1 Å². The number of amides is 1. The molecule has 1 aliphatic heterocycles. The van der Waals surface area contributed by atoms with Crippen molar-refractivity contribution >= 4 is 5.91 Å². The summed E-state index contributed by atoms with van der Waals surface area (Å²) < 4.78 is 10.8. The molecule has 1 amide bonds. The van der Waals surface area contributed by atoms with E-state index in [9.17, 15) is 4.79 Å². The Hall–Kier alpha value is -1.81. The molecule has 21 heavy (non-hydrogen) atoms. The molecule has 0 spiro atoms. The molecule has 0 N–H and O–H groups in total. The van der Waals surface area contributed by atoms with Crippen LogP contribution in [0.1, 0.15) is 31.2 Å². The highest BCUT2D eigenvalue weighted by atomic mass is 16.5. The van der Waals surface area contributed by atoms with Crippen LogP contribution in [-0.4, -0.2) is 31.3 Å². The highest BCUT2D eigenvalue weighted by Gasteiger charge is 2.39. The second-order valence-electron chi connectivity index (χ2n) is 5.58. The van der Waals surface area contributed by atoms with E-state index in [-0.39, 0.29) is 12.1 Å². The number of nitrogens with zero attached hydrogens (tertiary/aromatic N) is 1. The molecule has 0 saturated carbocycles. The summed E-state index contributed by atoms with van der Waals surface area (Å²) in [4.78, 5) is 14.4. The predicted octanol–water partition coefficient (Wildman–Crippen LogP) is 2.88. The minimum absolute atomic E-state index is 0.146. The molecule has 1 unspecified atom stereocenters. The van der Waals surface area contributed by atoms with Gasteiger partial charge in [-0.1, -0.05) is 12.1 Å². The van der Waals surface area contributed by atoms with Gasteiger partial charge in [-0.25, -0.2) is 0 Å². The molecule has 4 heteroatoms. The van der Waals surface area contributed by atoms with Gasteiger partial charge in [-0.05, 0) is 49.0 Å². The molecule has 0 aromatic heterocycles. The summed E-state index contributed by atoms with van der Waals surface area (Å²) in [5.74, 6) is 0.972. The van der Waals surface area contributed by atoms with Crippen LogP contribution < -0.4 is 4.74 Å². The normalized spacial score (nSPS) is 21.7. The van der Waals surface area contributed by atoms with E-state index in [2.05, 4.69) is 0 Å². The Morgan fingerprint density at radius 2 is 1.86 bits per heavy atom. The number of rotatable bonds is 4. The Labute approximate surface area is 125 Å². The van der Waals surface area contributed by atoms with Crippen LogP contribution in [0.4, 0.5) is 0 Å². The fourth-order valence-electron chi connectivity index (χ4n) is 3.27. The first-order chi connectivity index (χ1) is 10.2. The van der Waals surface area contributed by atoms with E-state index < -0.39 is 0 Å². The second kappa shape index (κ2) is 5.90. The summed E-state index contributed by atoms with van der Waals surface area (Å²) in [7, 11) is 3.33. The largest absolute Gasteiger partial charge is 0.497 e. The van der Waals surface area contributed by atoms with Crippen LogP contribution in [0.5, 0.6) is 5.75 Å². The van der Waals surface area contributed by atoms with Crippen molar-refractivity contribution in [3.05, 3.63) is 41.0 Å². The lowest BCUT2D eigenvalue weighted by molar-refractivity contribution is -0.134. The third-order valence-corrected chi connectivity index (χ3v) is 4.35. The third kappa shape index (κ3) is 2.56. The maximum Gasteiger partial charge on any atom is 0.252 e. The molecule has 0 fully saturated rings. The lowest BCUT2D eigenvalue weighted by Crippen LogP contribution is -2.36. The Bertz CT molecular complexity index is 562. The first-order valence-corrected chi connectivity index (χ1v) is 7.43. The zero-order valence-corrected chi connectivity index (χ0v) is 12.6. The van der Waals surface area contributed by atoms with Crippen molar-refractivity contribution in [2.45, 2.75) is 38.5 Å². The number of ether oxygens (including phenoxy) is 2. The topological polar surface area (TPSA) is 38.8 Å². The second-order valence-corrected chi connectivity index (χ2v) is 5.58. The summed E-state index contributed by atoms with van der Waals surface area (Å²) in [5.41, 5.74) is 3.27. The Morgan fingerprint density at radius 1 is 1.14 bits per heavy atom. The summed E-state index contributed by atoms with van der Waals surface area (Å²) in [5, 5.41) is 0. The zero-order chi connectivity index (χ0) is 14.8. The van der Waals surface area contributed by atoms with E-state index in [0.29, 0.717) is 6.54 Å². The van der Waals surface area contributed by atoms with Crippen molar-refractivity contribution in [2.75, 3.05) is 14.2 Å². The van der Waals surface area contributed by atoms with Crippen LogP contribution in [0, 0.1) is 0 Å². The van der Waals surface area contributed by atoms with Crippen LogP contribution in [0.25, 0.3) is 0 Å². The van der Waals surface area contributed by atoms with Crippen molar-refractivity contribution in [2.24, 2.45) is 0 Å². The molecule has 0 saturated heterocycles. The van der Waals surface area contributed by atoms with Crippen LogP contribution >= 0.6 is 0 Å². The van der Waals surface area contributed by atoms with E-state index in [0.717, 1.165) is 42.6 Å². The molecule has 2 aliphatic rings. The smallest absolute Gasteiger partial charge is 0.252 e. The lowest BCUT2D eigenvalue weighted by atomic mass is 9.93. The summed E-state index contributed by atoms with van der Waals surface area (Å²) >= 11 is 0. The van der Waals surface area contributed by atoms with Gasteiger partial charge in [0.25, 0.3) is 5.91 Å². The molecular weight excluding hydrogens is 266 g/mol. The molecule has 1 aromatic carbocycles. The van der Waals surface area contributed by atoms with Crippen LogP contribution in [0.15, 0.2) is 35.4 Å². The number of carbonyl (C=O) groups excluding carboxylic acids is 1. The average Bonchev–Trinajstić information content (AvgIpc) is 2.80. The van der Waals surface area contributed by atoms with Gasteiger partial charge in [-0.2, -0.15) is 0 Å². The van der Waals surface area contributed by atoms with E-state index in [1.807, 2.05) is 29.2 Å². The summed E-state index contributed by atoms with van der Waals surface area (Å²) in [6, 6.07) is 7.84. The molecule has 1 aliphatic carbocycles. The van der Waals surface area contributed by atoms with Crippen molar-refractivity contribution in [1.29, 1.82) is 0 Å². The summed E-state index contributed by atoms with van der Waals surface area (Å²) in [6.07, 6.45) is 3.96. The van der Waals surface area contributed by atoms with Crippen molar-refractivity contribution in [3.8, 4) is 5.75 Å². The third-order valence-electron chi connectivity index (χ3n) is 4.35. The summed E-state index contributed by atoms with van der Waals surface area (Å²) in [6.45, 7) is 0.578. The SMILES string of the molecule is COc1ccc(CN2C(=O)C3=C(CCCC3)C2OC)cc1. The van der Waals surface area contributed by atoms with E-state index in [1.165, 1.54) is 5.57 Å². The Morgan fingerprint density at radius 3 is 2.52 bits per heavy atom. The quantitative estimate of drug-likeness (QED) is 0.854. The average molecular weight is 287 g/mol. The van der Waals surface area contributed by atoms with Gasteiger partial charge in [0.15, 0.2) is 6.23 Å². The highest BCUT2D eigenvalue weighted by Crippen LogP contribution is 2.37. The van der Waals surface area contributed by atoms with E-state index in [1.54, 1.807) is 14.2 Å². The molecule has 1 heterocycles. The fraction of sp³-hybridized carbons (Fsp3) is 0.471. The van der Waals surface area contributed by atoms with E-state index >= 15 is 0 Å². The number of hydrogen-bond donors (Lipinski definition) is 0. The van der Waals surface area contributed by atoms with E-state index in [4.69, 9.17) is 9.47 Å². The first kappa shape index (κ1) is 14.1. The first-order valence-electron chi connectivity index (χ1n) is 7.43. The lowest BCUT2D eigenvalue weighted by Gasteiger charge is -2.26. The number of methoxy groups -OCH3 is 2. The number of benzene rings is 1. The van der Waals surface area contributed by atoms with Gasteiger partial charge >= 0.3 is 0 Å². The molecule has 1 atom stereocenters. The van der Waals surface area contributed by atoms with Gasteiger partial charge in [0.1, 0.15) is 5.75 Å². The molecule has 0 bridgehead atoms. The van der Waals surface area contributed by atoms with Gasteiger partial charge in [0.05, 0.1) is 7.11 Å². The number of hydrogen-bond acceptors (Lipinski definition) is 3. The van der Waals surface area contributed by atoms with Gasteiger partial charge in [-0.15, -0.1) is 0 Å². The number of carbonyl (C=O) groups is 1. The van der Waals surface area contributed by atoms with Crippen molar-refractivity contribution in [3.63, 3.8) is 0 Å².